The molecule has 0 aromatic carbocycles. The molecule has 11 nitrogen and oxygen atoms in total. The summed E-state index contributed by atoms with van der Waals surface area (Å²) in [7, 11) is 1.44. The Morgan fingerprint density at radius 2 is 1.36 bits per heavy atom. The number of aliphatic hydroxyl groups excluding tert-OH is 1. The molecule has 0 aliphatic heterocycles. The van der Waals surface area contributed by atoms with Gasteiger partial charge in [0.05, 0.1) is 24.0 Å². The van der Waals surface area contributed by atoms with Crippen LogP contribution in [0.5, 0.6) is 0 Å². The van der Waals surface area contributed by atoms with Crippen LogP contribution >= 0.6 is 0 Å². The summed E-state index contributed by atoms with van der Waals surface area (Å²) >= 11 is 0. The normalized spacial score (nSPS) is 41.0. The van der Waals surface area contributed by atoms with Gasteiger partial charge in [-0.15, -0.1) is 0 Å². The van der Waals surface area contributed by atoms with Crippen molar-refractivity contribution in [2.45, 2.75) is 132 Å². The lowest BCUT2D eigenvalue weighted by Gasteiger charge is -2.72. The third-order valence-corrected chi connectivity index (χ3v) is 14.6. The van der Waals surface area contributed by atoms with Gasteiger partial charge in [-0.25, -0.2) is 0 Å². The van der Waals surface area contributed by atoms with Crippen molar-refractivity contribution in [2.24, 2.45) is 50.2 Å². The first-order valence-electron chi connectivity index (χ1n) is 18.2. The van der Waals surface area contributed by atoms with Crippen LogP contribution in [-0.4, -0.2) is 73.6 Å². The zero-order chi connectivity index (χ0) is 37.2. The highest BCUT2D eigenvalue weighted by molar-refractivity contribution is 5.79. The van der Waals surface area contributed by atoms with Crippen molar-refractivity contribution >= 4 is 29.8 Å². The Bertz CT molecular complexity index is 1430. The fourth-order valence-corrected chi connectivity index (χ4v) is 12.1. The summed E-state index contributed by atoms with van der Waals surface area (Å²) in [4.78, 5) is 63.7. The highest BCUT2D eigenvalue weighted by Crippen LogP contribution is 2.76. The molecule has 10 atom stereocenters. The van der Waals surface area contributed by atoms with Crippen molar-refractivity contribution in [3.05, 3.63) is 11.6 Å². The number of hydrogen-bond donors (Lipinski definition) is 1. The number of fused-ring (bicyclic) bond motifs is 7. The maximum atomic E-state index is 13.7. The van der Waals surface area contributed by atoms with Gasteiger partial charge >= 0.3 is 29.8 Å². The number of hydrogen-bond acceptors (Lipinski definition) is 11. The molecule has 0 aromatic heterocycles. The molecule has 1 N–H and O–H groups in total. The Morgan fingerprint density at radius 3 is 1.90 bits per heavy atom. The zero-order valence-electron chi connectivity index (χ0n) is 31.6. The van der Waals surface area contributed by atoms with Gasteiger partial charge < -0.3 is 28.8 Å². The van der Waals surface area contributed by atoms with E-state index in [1.165, 1.54) is 34.8 Å². The van der Waals surface area contributed by atoms with Crippen molar-refractivity contribution in [1.82, 2.24) is 0 Å². The molecular weight excluding hydrogens is 644 g/mol. The lowest BCUT2D eigenvalue weighted by molar-refractivity contribution is -0.269. The second kappa shape index (κ2) is 12.9. The minimum Gasteiger partial charge on any atom is -0.469 e. The average Bonchev–Trinajstić information content (AvgIpc) is 3.01. The molecule has 0 amide bonds. The van der Waals surface area contributed by atoms with Crippen LogP contribution in [0.3, 0.4) is 0 Å². The van der Waals surface area contributed by atoms with E-state index in [9.17, 15) is 29.1 Å². The van der Waals surface area contributed by atoms with Crippen LogP contribution in [0.25, 0.3) is 0 Å². The van der Waals surface area contributed by atoms with Crippen LogP contribution in [0.15, 0.2) is 11.6 Å². The molecule has 11 heteroatoms. The summed E-state index contributed by atoms with van der Waals surface area (Å²) in [6.07, 6.45) is 4.69. The molecule has 5 rings (SSSR count). The predicted octanol–water partition coefficient (Wildman–Crippen LogP) is 5.49. The molecule has 0 saturated heterocycles. The summed E-state index contributed by atoms with van der Waals surface area (Å²) in [5, 5.41) is 12.1. The van der Waals surface area contributed by atoms with Crippen LogP contribution in [0.4, 0.5) is 0 Å². The van der Waals surface area contributed by atoms with Gasteiger partial charge in [-0.1, -0.05) is 46.3 Å². The van der Waals surface area contributed by atoms with Gasteiger partial charge in [0.25, 0.3) is 0 Å². The Labute approximate surface area is 296 Å². The maximum Gasteiger partial charge on any atom is 0.312 e. The van der Waals surface area contributed by atoms with E-state index in [1.54, 1.807) is 0 Å². The van der Waals surface area contributed by atoms with Gasteiger partial charge in [0, 0.05) is 33.6 Å². The van der Waals surface area contributed by atoms with E-state index in [2.05, 4.69) is 40.7 Å². The average molecular weight is 703 g/mol. The summed E-state index contributed by atoms with van der Waals surface area (Å²) < 4.78 is 28.9. The van der Waals surface area contributed by atoms with Crippen LogP contribution in [0.2, 0.25) is 0 Å². The molecule has 4 saturated carbocycles. The van der Waals surface area contributed by atoms with Gasteiger partial charge in [-0.05, 0) is 84.9 Å². The molecule has 0 spiro atoms. The lowest BCUT2D eigenvalue weighted by Crippen LogP contribution is -2.71. The fraction of sp³-hybridized carbons (Fsp3) is 0.821. The highest BCUT2D eigenvalue weighted by atomic mass is 16.6. The number of carbonyl (C=O) groups is 5. The third kappa shape index (κ3) is 5.68. The second-order valence-electron chi connectivity index (χ2n) is 17.5. The molecule has 5 aliphatic carbocycles. The van der Waals surface area contributed by atoms with Crippen molar-refractivity contribution in [1.29, 1.82) is 0 Å². The monoisotopic (exact) mass is 702 g/mol. The van der Waals surface area contributed by atoms with Gasteiger partial charge in [0.2, 0.25) is 0 Å². The smallest absolute Gasteiger partial charge is 0.312 e. The standard InChI is InChI=1S/C39H58O11/c1-22(40)47-20-39(21-48-23(2)41)29-13-14-37(9)28(35(29,7)19-27(49-24(3)42)32(39)50-25(4)43)12-11-26-30-31(44)34(5,6)15-17-38(30,33(45)46-10)18-16-36(26,37)8/h11,27-32,44H,12-21H2,1-10H3/t27-,28-,29-,30-,31+,32+,35-,36-,37-,38+/m1/s1. The van der Waals surface area contributed by atoms with Gasteiger partial charge in [-0.3, -0.25) is 24.0 Å². The van der Waals surface area contributed by atoms with Crippen molar-refractivity contribution in [2.75, 3.05) is 20.3 Å². The van der Waals surface area contributed by atoms with Crippen LogP contribution < -0.4 is 0 Å². The van der Waals surface area contributed by atoms with Gasteiger partial charge in [-0.2, -0.15) is 0 Å². The molecular formula is C39H58O11. The van der Waals surface area contributed by atoms with E-state index < -0.39 is 63.8 Å². The maximum absolute atomic E-state index is 13.7. The zero-order valence-corrected chi connectivity index (χ0v) is 31.6. The fourth-order valence-electron chi connectivity index (χ4n) is 12.1. The number of carbonyl (C=O) groups excluding carboxylic acids is 5. The number of methoxy groups -OCH3 is 1. The molecule has 0 heterocycles. The van der Waals surface area contributed by atoms with Gasteiger partial charge in [0.15, 0.2) is 6.10 Å². The van der Waals surface area contributed by atoms with E-state index in [0.29, 0.717) is 32.1 Å². The molecule has 0 bridgehead atoms. The van der Waals surface area contributed by atoms with Gasteiger partial charge in [0.1, 0.15) is 19.3 Å². The van der Waals surface area contributed by atoms with Crippen molar-refractivity contribution in [3.63, 3.8) is 0 Å². The molecule has 0 radical (unpaired) electrons. The largest absolute Gasteiger partial charge is 0.469 e. The quantitative estimate of drug-likeness (QED) is 0.204. The molecule has 0 aromatic rings. The lowest BCUT2D eigenvalue weighted by atomic mass is 9.33. The van der Waals surface area contributed by atoms with Crippen molar-refractivity contribution < 1.29 is 52.8 Å². The SMILES string of the molecule is COC(=O)[C@]12CCC(C)(C)[C@@H](O)[C@H]1C1=CC[C@@H]3[C@@]4(C)C[C@@H](OC(C)=O)[C@H](OC(C)=O)C(COC(C)=O)(COC(C)=O)[C@@H]4CC[C@@]3(C)[C@]1(C)CC2. The first-order valence-corrected chi connectivity index (χ1v) is 18.2. The number of ether oxygens (including phenoxy) is 5. The van der Waals surface area contributed by atoms with E-state index in [1.807, 2.05) is 0 Å². The summed E-state index contributed by atoms with van der Waals surface area (Å²) in [6, 6.07) is 0. The summed E-state index contributed by atoms with van der Waals surface area (Å²) in [5.74, 6) is -3.10. The van der Waals surface area contributed by atoms with E-state index in [-0.39, 0.29) is 47.8 Å². The highest BCUT2D eigenvalue weighted by Gasteiger charge is 2.73. The Hall–Kier alpha value is -2.95. The number of allylic oxidation sites excluding steroid dienone is 1. The first kappa shape index (κ1) is 38.3. The minimum absolute atomic E-state index is 0.00670. The van der Waals surface area contributed by atoms with Crippen LogP contribution in [0.1, 0.15) is 114 Å². The predicted molar refractivity (Wildman–Crippen MR) is 181 cm³/mol. The van der Waals surface area contributed by atoms with Crippen molar-refractivity contribution in [3.8, 4) is 0 Å². The topological polar surface area (TPSA) is 152 Å². The Kier molecular flexibility index (Phi) is 9.89. The number of aliphatic hydroxyl groups is 1. The summed E-state index contributed by atoms with van der Waals surface area (Å²) in [5.41, 5.74) is -2.55. The summed E-state index contributed by atoms with van der Waals surface area (Å²) in [6.45, 7) is 15.8. The van der Waals surface area contributed by atoms with Crippen LogP contribution in [0, 0.1) is 50.2 Å². The minimum atomic E-state index is -1.21. The Balaban J connectivity index is 1.69. The second-order valence-corrected chi connectivity index (χ2v) is 17.5. The van der Waals surface area contributed by atoms with Crippen LogP contribution in [-0.2, 0) is 47.7 Å². The molecule has 50 heavy (non-hydrogen) atoms. The van der Waals surface area contributed by atoms with E-state index >= 15 is 0 Å². The molecule has 5 aliphatic rings. The number of esters is 5. The number of rotatable bonds is 7. The third-order valence-electron chi connectivity index (χ3n) is 14.6. The molecule has 4 fully saturated rings. The molecule has 0 unspecified atom stereocenters. The Morgan fingerprint density at radius 1 is 0.780 bits per heavy atom. The van der Waals surface area contributed by atoms with E-state index in [0.717, 1.165) is 24.8 Å². The molecule has 280 valence electrons. The first-order chi connectivity index (χ1) is 23.1. The van der Waals surface area contributed by atoms with E-state index in [4.69, 9.17) is 23.7 Å².